The molecule has 0 saturated carbocycles. The fraction of sp³-hybridized carbons (Fsp3) is 0.174. The van der Waals surface area contributed by atoms with Gasteiger partial charge in [0.05, 0.1) is 18.4 Å². The average Bonchev–Trinajstić information content (AvgIpc) is 2.79. The van der Waals surface area contributed by atoms with Crippen LogP contribution in [0.1, 0.15) is 11.1 Å². The molecule has 3 rings (SSSR count). The first-order valence-corrected chi connectivity index (χ1v) is 11.4. The summed E-state index contributed by atoms with van der Waals surface area (Å²) in [5.74, 6) is -2.06. The number of rotatable bonds is 8. The Morgan fingerprint density at radius 2 is 1.65 bits per heavy atom. The third-order valence-corrected chi connectivity index (χ3v) is 6.29. The molecule has 0 aliphatic rings. The molecule has 0 saturated heterocycles. The van der Waals surface area contributed by atoms with E-state index in [-0.39, 0.29) is 12.2 Å². The van der Waals surface area contributed by atoms with Crippen molar-refractivity contribution in [1.29, 1.82) is 0 Å². The predicted molar refractivity (Wildman–Crippen MR) is 117 cm³/mol. The Balaban J connectivity index is 1.97. The smallest absolute Gasteiger partial charge is 0.418 e. The molecule has 0 aliphatic heterocycles. The molecule has 0 aliphatic carbocycles. The molecule has 0 heterocycles. The largest absolute Gasteiger partial charge is 0.495 e. The number of ether oxygens (including phenoxy) is 1. The Kier molecular flexibility index (Phi) is 7.57. The number of carbonyl (C=O) groups is 1. The summed E-state index contributed by atoms with van der Waals surface area (Å²) in [6.45, 7) is 0. The van der Waals surface area contributed by atoms with Crippen molar-refractivity contribution in [3.05, 3.63) is 89.7 Å². The number of sulfonamides is 1. The summed E-state index contributed by atoms with van der Waals surface area (Å²) < 4.78 is 87.0. The van der Waals surface area contributed by atoms with Gasteiger partial charge in [0.1, 0.15) is 22.5 Å². The second-order valence-electron chi connectivity index (χ2n) is 7.19. The first-order valence-electron chi connectivity index (χ1n) is 9.88. The number of halogens is 4. The molecular weight excluding hydrogens is 476 g/mol. The van der Waals surface area contributed by atoms with Gasteiger partial charge >= 0.3 is 6.18 Å². The maximum Gasteiger partial charge on any atom is 0.418 e. The Hall–Kier alpha value is -3.44. The van der Waals surface area contributed by atoms with Gasteiger partial charge in [0, 0.05) is 0 Å². The van der Waals surface area contributed by atoms with Crippen molar-refractivity contribution in [2.75, 3.05) is 12.4 Å². The molecule has 6 nitrogen and oxygen atoms in total. The van der Waals surface area contributed by atoms with Crippen molar-refractivity contribution in [2.24, 2.45) is 0 Å². The monoisotopic (exact) mass is 496 g/mol. The fourth-order valence-corrected chi connectivity index (χ4v) is 4.58. The molecule has 2 N–H and O–H groups in total. The predicted octanol–water partition coefficient (Wildman–Crippen LogP) is 4.38. The van der Waals surface area contributed by atoms with E-state index in [4.69, 9.17) is 4.74 Å². The van der Waals surface area contributed by atoms with Crippen LogP contribution >= 0.6 is 0 Å². The van der Waals surface area contributed by atoms with Crippen LogP contribution in [-0.2, 0) is 27.4 Å². The van der Waals surface area contributed by atoms with Crippen LogP contribution in [0.15, 0.2) is 77.7 Å². The van der Waals surface area contributed by atoms with Gasteiger partial charge in [-0.05, 0) is 42.3 Å². The van der Waals surface area contributed by atoms with Gasteiger partial charge in [-0.15, -0.1) is 0 Å². The van der Waals surface area contributed by atoms with E-state index in [1.807, 2.05) is 0 Å². The second-order valence-corrected chi connectivity index (χ2v) is 8.87. The molecule has 11 heteroatoms. The van der Waals surface area contributed by atoms with E-state index in [0.29, 0.717) is 5.56 Å². The third-order valence-electron chi connectivity index (χ3n) is 4.80. The Bertz CT molecular complexity index is 1270. The van der Waals surface area contributed by atoms with Gasteiger partial charge in [-0.1, -0.05) is 42.5 Å². The lowest BCUT2D eigenvalue weighted by atomic mass is 10.1. The van der Waals surface area contributed by atoms with Crippen LogP contribution in [0.3, 0.4) is 0 Å². The Morgan fingerprint density at radius 3 is 2.29 bits per heavy atom. The maximum absolute atomic E-state index is 13.8. The first kappa shape index (κ1) is 25.2. The highest BCUT2D eigenvalue weighted by molar-refractivity contribution is 7.89. The molecule has 3 aromatic carbocycles. The van der Waals surface area contributed by atoms with Gasteiger partial charge in [-0.25, -0.2) is 12.8 Å². The van der Waals surface area contributed by atoms with E-state index >= 15 is 0 Å². The summed E-state index contributed by atoms with van der Waals surface area (Å²) in [6, 6.07) is 13.9. The first-order chi connectivity index (χ1) is 16.0. The van der Waals surface area contributed by atoms with Gasteiger partial charge < -0.3 is 10.1 Å². The number of anilines is 1. The van der Waals surface area contributed by atoms with Gasteiger partial charge in [-0.2, -0.15) is 17.9 Å². The van der Waals surface area contributed by atoms with Crippen molar-refractivity contribution < 1.29 is 35.5 Å². The van der Waals surface area contributed by atoms with E-state index < -0.39 is 50.1 Å². The molecule has 3 aromatic rings. The molecule has 0 fully saturated rings. The summed E-state index contributed by atoms with van der Waals surface area (Å²) in [4.78, 5) is 12.5. The zero-order valence-corrected chi connectivity index (χ0v) is 18.6. The number of carbonyl (C=O) groups excluding carboxylic acids is 1. The topological polar surface area (TPSA) is 84.5 Å². The highest BCUT2D eigenvalue weighted by Gasteiger charge is 2.35. The van der Waals surface area contributed by atoms with Crippen molar-refractivity contribution >= 4 is 21.6 Å². The molecule has 34 heavy (non-hydrogen) atoms. The highest BCUT2D eigenvalue weighted by Crippen LogP contribution is 2.34. The van der Waals surface area contributed by atoms with Crippen molar-refractivity contribution in [1.82, 2.24) is 4.72 Å². The zero-order valence-electron chi connectivity index (χ0n) is 17.8. The summed E-state index contributed by atoms with van der Waals surface area (Å²) in [5, 5.41) is 2.16. The minimum Gasteiger partial charge on any atom is -0.495 e. The molecular formula is C23H20F4N2O4S. The van der Waals surface area contributed by atoms with Gasteiger partial charge in [0.25, 0.3) is 0 Å². The maximum atomic E-state index is 13.8. The number of benzene rings is 3. The molecule has 0 radical (unpaired) electrons. The van der Waals surface area contributed by atoms with Gasteiger partial charge in [-0.3, -0.25) is 4.79 Å². The summed E-state index contributed by atoms with van der Waals surface area (Å²) >= 11 is 0. The van der Waals surface area contributed by atoms with E-state index in [2.05, 4.69) is 10.0 Å². The molecule has 1 atom stereocenters. The molecule has 1 amide bonds. The lowest BCUT2D eigenvalue weighted by Crippen LogP contribution is -2.45. The third kappa shape index (κ3) is 6.12. The number of para-hydroxylation sites is 1. The molecule has 1 unspecified atom stereocenters. The van der Waals surface area contributed by atoms with Crippen LogP contribution in [0.25, 0.3) is 0 Å². The van der Waals surface area contributed by atoms with Crippen LogP contribution in [0.5, 0.6) is 5.75 Å². The second kappa shape index (κ2) is 10.2. The number of hydrogen-bond acceptors (Lipinski definition) is 4. The van der Waals surface area contributed by atoms with Crippen LogP contribution in [0, 0.1) is 5.82 Å². The minimum absolute atomic E-state index is 0.171. The number of methoxy groups -OCH3 is 1. The summed E-state index contributed by atoms with van der Waals surface area (Å²) in [6.07, 6.45) is -4.93. The molecule has 180 valence electrons. The van der Waals surface area contributed by atoms with E-state index in [9.17, 15) is 30.8 Å². The molecule has 0 spiro atoms. The quantitative estimate of drug-likeness (QED) is 0.454. The highest BCUT2D eigenvalue weighted by atomic mass is 32.2. The van der Waals surface area contributed by atoms with Gasteiger partial charge in [0.15, 0.2) is 0 Å². The summed E-state index contributed by atoms with van der Waals surface area (Å²) in [7, 11) is -3.33. The van der Waals surface area contributed by atoms with Gasteiger partial charge in [0.2, 0.25) is 15.9 Å². The van der Waals surface area contributed by atoms with Crippen molar-refractivity contribution in [2.45, 2.75) is 23.5 Å². The number of amides is 1. The van der Waals surface area contributed by atoms with E-state index in [0.717, 1.165) is 30.3 Å². The Morgan fingerprint density at radius 1 is 1.00 bits per heavy atom. The lowest BCUT2D eigenvalue weighted by Gasteiger charge is -2.21. The van der Waals surface area contributed by atoms with Crippen LogP contribution in [0.2, 0.25) is 0 Å². The standard InChI is InChI=1S/C23H20F4N2O4S/c1-33-20-12-11-16(24)14-21(20)34(31,32)29-19(13-15-7-3-2-4-8-15)22(30)28-18-10-6-5-9-17(18)23(25,26)27/h2-12,14,19,29H,13H2,1H3,(H,28,30). The fourth-order valence-electron chi connectivity index (χ4n) is 3.21. The van der Waals surface area contributed by atoms with Crippen LogP contribution < -0.4 is 14.8 Å². The average molecular weight is 496 g/mol. The van der Waals surface area contributed by atoms with Crippen molar-refractivity contribution in [3.63, 3.8) is 0 Å². The molecule has 0 bridgehead atoms. The van der Waals surface area contributed by atoms with Crippen LogP contribution in [0.4, 0.5) is 23.2 Å². The van der Waals surface area contributed by atoms with E-state index in [1.54, 1.807) is 30.3 Å². The minimum atomic E-state index is -4.74. The zero-order chi connectivity index (χ0) is 24.9. The Labute approximate surface area is 193 Å². The SMILES string of the molecule is COc1ccc(F)cc1S(=O)(=O)NC(Cc1ccccc1)C(=O)Nc1ccccc1C(F)(F)F. The number of hydrogen-bond donors (Lipinski definition) is 2. The molecule has 0 aromatic heterocycles. The van der Waals surface area contributed by atoms with Crippen LogP contribution in [-0.4, -0.2) is 27.5 Å². The van der Waals surface area contributed by atoms with Crippen molar-refractivity contribution in [3.8, 4) is 5.75 Å². The van der Waals surface area contributed by atoms with E-state index in [1.165, 1.54) is 19.2 Å². The number of alkyl halides is 3. The summed E-state index contributed by atoms with van der Waals surface area (Å²) in [5.41, 5.74) is -1.07. The number of nitrogens with one attached hydrogen (secondary N) is 2. The lowest BCUT2D eigenvalue weighted by molar-refractivity contribution is -0.137. The normalized spacial score (nSPS) is 12.7.